The van der Waals surface area contributed by atoms with Gasteiger partial charge in [-0.25, -0.2) is 0 Å². The van der Waals surface area contributed by atoms with Crippen LogP contribution in [0.25, 0.3) is 53.6 Å². The molecule has 0 aliphatic heterocycles. The van der Waals surface area contributed by atoms with Gasteiger partial charge in [-0.3, -0.25) is 0 Å². The predicted octanol–water partition coefficient (Wildman–Crippen LogP) is 15.9. The molecule has 2 heteroatoms. The van der Waals surface area contributed by atoms with E-state index in [9.17, 15) is 0 Å². The van der Waals surface area contributed by atoms with E-state index in [1.807, 2.05) is 11.3 Å². The summed E-state index contributed by atoms with van der Waals surface area (Å²) < 4.78 is 2.57. The van der Waals surface area contributed by atoms with E-state index in [0.29, 0.717) is 0 Å². The molecule has 12 rings (SSSR count). The summed E-state index contributed by atoms with van der Waals surface area (Å²) in [6.07, 6.45) is 0. The lowest BCUT2D eigenvalue weighted by molar-refractivity contribution is 0.660. The van der Waals surface area contributed by atoms with Gasteiger partial charge in [-0.2, -0.15) is 0 Å². The number of rotatable bonds is 6. The molecule has 0 saturated carbocycles. The summed E-state index contributed by atoms with van der Waals surface area (Å²) in [5.41, 5.74) is 18.7. The highest BCUT2D eigenvalue weighted by atomic mass is 32.1. The highest BCUT2D eigenvalue weighted by molar-refractivity contribution is 7.26. The molecular weight excluding hydrogens is 743 g/mol. The number of para-hydroxylation sites is 1. The van der Waals surface area contributed by atoms with E-state index < -0.39 is 5.41 Å². The van der Waals surface area contributed by atoms with Crippen molar-refractivity contribution in [3.63, 3.8) is 0 Å². The van der Waals surface area contributed by atoms with Crippen LogP contribution in [0.1, 0.15) is 47.2 Å². The number of thiophene rings is 1. The summed E-state index contributed by atoms with van der Waals surface area (Å²) in [5.74, 6) is 0. The van der Waals surface area contributed by atoms with Gasteiger partial charge in [0.05, 0.1) is 5.41 Å². The molecule has 1 nitrogen and oxygen atoms in total. The van der Waals surface area contributed by atoms with E-state index >= 15 is 0 Å². The molecule has 1 aromatic heterocycles. The minimum atomic E-state index is -0.487. The van der Waals surface area contributed by atoms with Gasteiger partial charge in [0.1, 0.15) is 0 Å². The standard InChI is InChI=1S/C58H41NS/c1-57(2)48-29-17-15-27-44(48)45-33-31-42(35-50(45)57)59(41-25-13-6-14-26-41)43-32-34-47-52(36-43)60-53-37-51-55(54(56(47)53)38-19-7-3-8-20-38)46-28-16-18-30-49(46)58(51,39-21-9-4-10-22-39)40-23-11-5-12-24-40/h3-37H,1-2H3. The third kappa shape index (κ3) is 4.92. The second-order valence-electron chi connectivity index (χ2n) is 16.8. The lowest BCUT2D eigenvalue weighted by Gasteiger charge is -2.34. The molecule has 1 heterocycles. The van der Waals surface area contributed by atoms with Crippen LogP contribution in [0.4, 0.5) is 17.1 Å². The third-order valence-corrected chi connectivity index (χ3v) is 14.4. The fourth-order valence-electron chi connectivity index (χ4n) is 10.7. The number of fused-ring (bicyclic) bond motifs is 9. The van der Waals surface area contributed by atoms with E-state index in [1.165, 1.54) is 86.9 Å². The molecular formula is C58H41NS. The summed E-state index contributed by atoms with van der Waals surface area (Å²) >= 11 is 1.91. The number of hydrogen-bond acceptors (Lipinski definition) is 2. The van der Waals surface area contributed by atoms with Crippen LogP contribution in [0, 0.1) is 0 Å². The largest absolute Gasteiger partial charge is 0.310 e. The highest BCUT2D eigenvalue weighted by Gasteiger charge is 2.47. The maximum Gasteiger partial charge on any atom is 0.0714 e. The van der Waals surface area contributed by atoms with E-state index in [0.717, 1.165) is 17.1 Å². The minimum absolute atomic E-state index is 0.0959. The van der Waals surface area contributed by atoms with Gasteiger partial charge in [-0.15, -0.1) is 11.3 Å². The Morgan fingerprint density at radius 3 is 1.63 bits per heavy atom. The average molecular weight is 784 g/mol. The van der Waals surface area contributed by atoms with Crippen LogP contribution in [0.15, 0.2) is 212 Å². The van der Waals surface area contributed by atoms with E-state index in [4.69, 9.17) is 0 Å². The van der Waals surface area contributed by atoms with Crippen LogP contribution in [-0.4, -0.2) is 0 Å². The molecule has 0 spiro atoms. The zero-order valence-electron chi connectivity index (χ0n) is 33.6. The molecule has 10 aromatic rings. The van der Waals surface area contributed by atoms with Crippen LogP contribution >= 0.6 is 11.3 Å². The summed E-state index contributed by atoms with van der Waals surface area (Å²) in [7, 11) is 0. The molecule has 0 fully saturated rings. The summed E-state index contributed by atoms with van der Waals surface area (Å²) in [6, 6.07) is 79.0. The van der Waals surface area contributed by atoms with Crippen molar-refractivity contribution in [3.8, 4) is 33.4 Å². The van der Waals surface area contributed by atoms with Crippen LogP contribution in [0.2, 0.25) is 0 Å². The Kier molecular flexibility index (Phi) is 7.73. The van der Waals surface area contributed by atoms with Crippen LogP contribution < -0.4 is 4.90 Å². The maximum absolute atomic E-state index is 2.54. The quantitative estimate of drug-likeness (QED) is 0.162. The molecule has 0 unspecified atom stereocenters. The number of nitrogens with zero attached hydrogens (tertiary/aromatic N) is 1. The molecule has 60 heavy (non-hydrogen) atoms. The monoisotopic (exact) mass is 783 g/mol. The van der Waals surface area contributed by atoms with E-state index in [1.54, 1.807) is 0 Å². The Hall–Kier alpha value is -7.00. The minimum Gasteiger partial charge on any atom is -0.310 e. The lowest BCUT2D eigenvalue weighted by Crippen LogP contribution is -2.28. The van der Waals surface area contributed by atoms with E-state index in [-0.39, 0.29) is 5.41 Å². The highest BCUT2D eigenvalue weighted by Crippen LogP contribution is 2.61. The van der Waals surface area contributed by atoms with Crippen molar-refractivity contribution in [2.75, 3.05) is 4.90 Å². The SMILES string of the molecule is CC1(C)c2ccccc2-c2ccc(N(c3ccccc3)c3ccc4c(c3)sc3cc5c(c(-c6ccccc6)c34)-c3ccccc3C5(c3ccccc3)c3ccccc3)cc21. The van der Waals surface area contributed by atoms with Crippen molar-refractivity contribution in [2.24, 2.45) is 0 Å². The molecule has 0 atom stereocenters. The molecule has 2 aliphatic carbocycles. The smallest absolute Gasteiger partial charge is 0.0714 e. The first-order valence-electron chi connectivity index (χ1n) is 20.9. The van der Waals surface area contributed by atoms with Crippen molar-refractivity contribution in [1.82, 2.24) is 0 Å². The van der Waals surface area contributed by atoms with Gasteiger partial charge >= 0.3 is 0 Å². The number of anilines is 3. The Balaban J connectivity index is 1.13. The maximum atomic E-state index is 2.54. The Labute approximate surface area is 355 Å². The molecule has 0 amide bonds. The van der Waals surface area contributed by atoms with Crippen molar-refractivity contribution >= 4 is 48.6 Å². The molecule has 0 bridgehead atoms. The number of benzene rings is 9. The second kappa shape index (κ2) is 13.3. The first-order chi connectivity index (χ1) is 29.5. The Bertz CT molecular complexity index is 3230. The molecule has 0 saturated heterocycles. The zero-order valence-corrected chi connectivity index (χ0v) is 34.4. The van der Waals surface area contributed by atoms with Gasteiger partial charge in [0.25, 0.3) is 0 Å². The number of hydrogen-bond donors (Lipinski definition) is 0. The first kappa shape index (κ1) is 35.0. The summed E-state index contributed by atoms with van der Waals surface area (Å²) in [6.45, 7) is 4.73. The van der Waals surface area contributed by atoms with Gasteiger partial charge in [-0.05, 0) is 109 Å². The fraction of sp³-hybridized carbons (Fsp3) is 0.0690. The van der Waals surface area contributed by atoms with Crippen molar-refractivity contribution in [1.29, 1.82) is 0 Å². The first-order valence-corrected chi connectivity index (χ1v) is 21.7. The molecule has 9 aromatic carbocycles. The summed E-state index contributed by atoms with van der Waals surface area (Å²) in [4.78, 5) is 2.44. The average Bonchev–Trinajstić information content (AvgIpc) is 3.90. The fourth-order valence-corrected chi connectivity index (χ4v) is 11.9. The third-order valence-electron chi connectivity index (χ3n) is 13.3. The van der Waals surface area contributed by atoms with Gasteiger partial charge in [0, 0.05) is 42.6 Å². The van der Waals surface area contributed by atoms with Crippen LogP contribution in [-0.2, 0) is 10.8 Å². The van der Waals surface area contributed by atoms with Gasteiger partial charge in [-0.1, -0.05) is 184 Å². The van der Waals surface area contributed by atoms with Crippen molar-refractivity contribution < 1.29 is 0 Å². The Morgan fingerprint density at radius 1 is 0.383 bits per heavy atom. The zero-order chi connectivity index (χ0) is 40.0. The topological polar surface area (TPSA) is 3.24 Å². The molecule has 2 aliphatic rings. The van der Waals surface area contributed by atoms with Crippen LogP contribution in [0.3, 0.4) is 0 Å². The molecule has 284 valence electrons. The van der Waals surface area contributed by atoms with Gasteiger partial charge < -0.3 is 4.90 Å². The lowest BCUT2D eigenvalue weighted by atomic mass is 9.67. The van der Waals surface area contributed by atoms with Crippen LogP contribution in [0.5, 0.6) is 0 Å². The van der Waals surface area contributed by atoms with Gasteiger partial charge in [0.15, 0.2) is 0 Å². The normalized spacial score (nSPS) is 14.1. The second-order valence-corrected chi connectivity index (χ2v) is 17.9. The molecule has 0 radical (unpaired) electrons. The van der Waals surface area contributed by atoms with E-state index in [2.05, 4.69) is 231 Å². The summed E-state index contributed by atoms with van der Waals surface area (Å²) in [5, 5.41) is 2.61. The van der Waals surface area contributed by atoms with Crippen molar-refractivity contribution in [2.45, 2.75) is 24.7 Å². The van der Waals surface area contributed by atoms with Gasteiger partial charge in [0.2, 0.25) is 0 Å². The van der Waals surface area contributed by atoms with Crippen molar-refractivity contribution in [3.05, 3.63) is 246 Å². The Morgan fingerprint density at radius 2 is 0.933 bits per heavy atom. The molecule has 0 N–H and O–H groups in total. The predicted molar refractivity (Wildman–Crippen MR) is 254 cm³/mol.